The minimum atomic E-state index is -0.217. The summed E-state index contributed by atoms with van der Waals surface area (Å²) in [5, 5.41) is 8.04. The van der Waals surface area contributed by atoms with E-state index in [2.05, 4.69) is 10.2 Å². The highest BCUT2D eigenvalue weighted by Crippen LogP contribution is 2.25. The molecule has 0 atom stereocenters. The summed E-state index contributed by atoms with van der Waals surface area (Å²) >= 11 is 1.44. The molecule has 0 saturated carbocycles. The monoisotopic (exact) mass is 182 g/mol. The molecule has 0 radical (unpaired) electrons. The molecular weight excluding hydrogens is 175 g/mol. The van der Waals surface area contributed by atoms with Crippen LogP contribution < -0.4 is 0 Å². The predicted molar refractivity (Wildman–Crippen MR) is 47.8 cm³/mol. The average molecular weight is 182 g/mol. The Balaban J connectivity index is 2.83. The number of rotatable bonds is 1. The highest BCUT2D eigenvalue weighted by molar-refractivity contribution is 7.98. The molecule has 1 N–H and O–H groups in total. The number of aromatic amines is 1. The first-order valence-electron chi connectivity index (χ1n) is 3.49. The molecule has 4 heteroatoms. The quantitative estimate of drug-likeness (QED) is 0.686. The van der Waals surface area contributed by atoms with E-state index < -0.39 is 0 Å². The molecule has 1 heterocycles. The Morgan fingerprint density at radius 2 is 2.33 bits per heavy atom. The summed E-state index contributed by atoms with van der Waals surface area (Å²) < 4.78 is 13.2. The lowest BCUT2D eigenvalue weighted by molar-refractivity contribution is 0.638. The van der Waals surface area contributed by atoms with Crippen LogP contribution in [0, 0.1) is 5.82 Å². The third kappa shape index (κ3) is 0.992. The normalized spacial score (nSPS) is 10.8. The van der Waals surface area contributed by atoms with Crippen LogP contribution in [0.3, 0.4) is 0 Å². The van der Waals surface area contributed by atoms with Crippen LogP contribution >= 0.6 is 11.8 Å². The molecule has 0 aliphatic heterocycles. The fourth-order valence-electron chi connectivity index (χ4n) is 1.15. The van der Waals surface area contributed by atoms with Gasteiger partial charge in [0.2, 0.25) is 0 Å². The van der Waals surface area contributed by atoms with Gasteiger partial charge in [-0.25, -0.2) is 4.39 Å². The van der Waals surface area contributed by atoms with Crippen LogP contribution in [0.2, 0.25) is 0 Å². The molecule has 0 aliphatic rings. The van der Waals surface area contributed by atoms with Gasteiger partial charge in [0.05, 0.1) is 10.9 Å². The second-order valence-corrected chi connectivity index (χ2v) is 3.19. The fourth-order valence-corrected chi connectivity index (χ4v) is 1.70. The summed E-state index contributed by atoms with van der Waals surface area (Å²) in [6.07, 6.45) is 1.88. The van der Waals surface area contributed by atoms with E-state index in [1.54, 1.807) is 6.07 Å². The second kappa shape index (κ2) is 2.79. The van der Waals surface area contributed by atoms with Gasteiger partial charge in [0.1, 0.15) is 10.8 Å². The van der Waals surface area contributed by atoms with E-state index in [1.165, 1.54) is 17.8 Å². The zero-order valence-electron chi connectivity index (χ0n) is 6.47. The zero-order valence-corrected chi connectivity index (χ0v) is 7.28. The lowest BCUT2D eigenvalue weighted by Gasteiger charge is -1.92. The lowest BCUT2D eigenvalue weighted by atomic mass is 10.2. The van der Waals surface area contributed by atoms with Gasteiger partial charge < -0.3 is 0 Å². The average Bonchev–Trinajstić information content (AvgIpc) is 2.49. The number of nitrogens with zero attached hydrogens (tertiary/aromatic N) is 1. The number of hydrogen-bond acceptors (Lipinski definition) is 2. The van der Waals surface area contributed by atoms with E-state index in [0.717, 1.165) is 5.52 Å². The summed E-state index contributed by atoms with van der Waals surface area (Å²) in [5.41, 5.74) is 0.749. The first-order chi connectivity index (χ1) is 5.83. The summed E-state index contributed by atoms with van der Waals surface area (Å²) in [7, 11) is 0. The maximum absolute atomic E-state index is 13.2. The van der Waals surface area contributed by atoms with Crippen LogP contribution in [0.15, 0.2) is 23.2 Å². The van der Waals surface area contributed by atoms with Gasteiger partial charge in [-0.05, 0) is 18.4 Å². The molecule has 12 heavy (non-hydrogen) atoms. The molecule has 0 bridgehead atoms. The van der Waals surface area contributed by atoms with E-state index in [1.807, 2.05) is 12.3 Å². The number of thioether (sulfide) groups is 1. The highest BCUT2D eigenvalue weighted by Gasteiger charge is 2.07. The number of hydrogen-bond donors (Lipinski definition) is 1. The van der Waals surface area contributed by atoms with Crippen molar-refractivity contribution in [2.45, 2.75) is 5.03 Å². The molecule has 0 saturated heterocycles. The summed E-state index contributed by atoms with van der Waals surface area (Å²) in [6, 6.07) is 4.92. The van der Waals surface area contributed by atoms with Crippen LogP contribution in [0.4, 0.5) is 4.39 Å². The van der Waals surface area contributed by atoms with Crippen molar-refractivity contribution in [3.05, 3.63) is 24.0 Å². The van der Waals surface area contributed by atoms with Gasteiger partial charge in [0, 0.05) is 0 Å². The third-order valence-electron chi connectivity index (χ3n) is 1.70. The Morgan fingerprint density at radius 3 is 3.08 bits per heavy atom. The van der Waals surface area contributed by atoms with Gasteiger partial charge in [-0.2, -0.15) is 5.10 Å². The molecule has 2 rings (SSSR count). The van der Waals surface area contributed by atoms with Crippen LogP contribution in [0.5, 0.6) is 0 Å². The van der Waals surface area contributed by atoms with Crippen molar-refractivity contribution in [1.29, 1.82) is 0 Å². The molecule has 1 aromatic carbocycles. The number of aromatic nitrogens is 2. The number of halogens is 1. The van der Waals surface area contributed by atoms with Crippen LogP contribution in [-0.2, 0) is 0 Å². The van der Waals surface area contributed by atoms with Gasteiger partial charge in [-0.3, -0.25) is 5.10 Å². The molecule has 2 aromatic rings. The zero-order chi connectivity index (χ0) is 8.55. The minimum Gasteiger partial charge on any atom is -0.277 e. The smallest absolute Gasteiger partial charge is 0.135 e. The van der Waals surface area contributed by atoms with E-state index >= 15 is 0 Å². The topological polar surface area (TPSA) is 28.7 Å². The number of benzene rings is 1. The van der Waals surface area contributed by atoms with Crippen molar-refractivity contribution in [2.75, 3.05) is 6.26 Å². The molecule has 0 aliphatic carbocycles. The SMILES string of the molecule is CSc1n[nH]c2cccc(F)c12. The van der Waals surface area contributed by atoms with Crippen molar-refractivity contribution in [3.63, 3.8) is 0 Å². The van der Waals surface area contributed by atoms with E-state index in [9.17, 15) is 4.39 Å². The van der Waals surface area contributed by atoms with E-state index in [0.29, 0.717) is 10.4 Å². The van der Waals surface area contributed by atoms with Crippen molar-refractivity contribution >= 4 is 22.7 Å². The molecule has 62 valence electrons. The highest BCUT2D eigenvalue weighted by atomic mass is 32.2. The Kier molecular flexibility index (Phi) is 1.77. The Labute approximate surface area is 73.2 Å². The Bertz CT molecular complexity index is 410. The molecular formula is C8H7FN2S. The van der Waals surface area contributed by atoms with Crippen LogP contribution in [0.1, 0.15) is 0 Å². The second-order valence-electron chi connectivity index (χ2n) is 2.40. The standard InChI is InChI=1S/C8H7FN2S/c1-12-8-7-5(9)3-2-4-6(7)10-11-8/h2-4H,1H3,(H,10,11). The van der Waals surface area contributed by atoms with Gasteiger partial charge >= 0.3 is 0 Å². The first-order valence-corrected chi connectivity index (χ1v) is 4.72. The van der Waals surface area contributed by atoms with Crippen molar-refractivity contribution in [1.82, 2.24) is 10.2 Å². The summed E-state index contributed by atoms with van der Waals surface area (Å²) in [6.45, 7) is 0. The first kappa shape index (κ1) is 7.61. The molecule has 0 unspecified atom stereocenters. The summed E-state index contributed by atoms with van der Waals surface area (Å²) in [4.78, 5) is 0. The Hall–Kier alpha value is -1.03. The maximum Gasteiger partial charge on any atom is 0.135 e. The molecule has 0 spiro atoms. The van der Waals surface area contributed by atoms with Gasteiger partial charge in [0.15, 0.2) is 0 Å². The largest absolute Gasteiger partial charge is 0.277 e. The molecule has 2 nitrogen and oxygen atoms in total. The maximum atomic E-state index is 13.2. The van der Waals surface area contributed by atoms with Gasteiger partial charge in [-0.15, -0.1) is 11.8 Å². The van der Waals surface area contributed by atoms with Crippen molar-refractivity contribution < 1.29 is 4.39 Å². The predicted octanol–water partition coefficient (Wildman–Crippen LogP) is 2.42. The summed E-state index contributed by atoms with van der Waals surface area (Å²) in [5.74, 6) is -0.217. The van der Waals surface area contributed by atoms with E-state index in [-0.39, 0.29) is 5.82 Å². The minimum absolute atomic E-state index is 0.217. The number of H-pyrrole nitrogens is 1. The molecule has 1 aromatic heterocycles. The van der Waals surface area contributed by atoms with Crippen molar-refractivity contribution in [2.24, 2.45) is 0 Å². The van der Waals surface area contributed by atoms with Crippen LogP contribution in [-0.4, -0.2) is 16.5 Å². The van der Waals surface area contributed by atoms with Gasteiger partial charge in [0.25, 0.3) is 0 Å². The van der Waals surface area contributed by atoms with Crippen molar-refractivity contribution in [3.8, 4) is 0 Å². The lowest BCUT2D eigenvalue weighted by Crippen LogP contribution is -1.75. The third-order valence-corrected chi connectivity index (χ3v) is 2.38. The Morgan fingerprint density at radius 1 is 1.50 bits per heavy atom. The van der Waals surface area contributed by atoms with E-state index in [4.69, 9.17) is 0 Å². The van der Waals surface area contributed by atoms with Gasteiger partial charge in [-0.1, -0.05) is 6.07 Å². The molecule has 0 amide bonds. The number of fused-ring (bicyclic) bond motifs is 1. The number of nitrogens with one attached hydrogen (secondary N) is 1. The molecule has 0 fully saturated rings. The fraction of sp³-hybridized carbons (Fsp3) is 0.125. The van der Waals surface area contributed by atoms with Crippen LogP contribution in [0.25, 0.3) is 10.9 Å².